The van der Waals surface area contributed by atoms with Gasteiger partial charge in [-0.05, 0) is 18.2 Å². The van der Waals surface area contributed by atoms with Crippen LogP contribution in [0, 0.1) is 0 Å². The first-order valence-corrected chi connectivity index (χ1v) is 8.85. The third-order valence-electron chi connectivity index (χ3n) is 4.66. The predicted molar refractivity (Wildman–Crippen MR) is 106 cm³/mol. The van der Waals surface area contributed by atoms with E-state index in [1.807, 2.05) is 30.3 Å². The van der Waals surface area contributed by atoms with Crippen LogP contribution in [-0.2, 0) is 4.74 Å². The number of nitrogens with one attached hydrogen (secondary N) is 2. The van der Waals surface area contributed by atoms with Crippen LogP contribution in [0.4, 0.5) is 16.4 Å². The number of amides is 3. The Balaban J connectivity index is 1.74. The molecule has 0 saturated carbocycles. The molecule has 0 unspecified atom stereocenters. The Labute approximate surface area is 160 Å². The van der Waals surface area contributed by atoms with Gasteiger partial charge in [0.1, 0.15) is 11.6 Å². The molecule has 1 aliphatic rings. The van der Waals surface area contributed by atoms with Crippen molar-refractivity contribution in [3.05, 3.63) is 42.0 Å². The molecule has 0 aliphatic carbocycles. The molecule has 3 heterocycles. The van der Waals surface area contributed by atoms with Gasteiger partial charge in [-0.1, -0.05) is 18.2 Å². The molecule has 3 amide bonds. The number of rotatable bonds is 4. The van der Waals surface area contributed by atoms with Crippen molar-refractivity contribution in [2.45, 2.75) is 0 Å². The smallest absolute Gasteiger partial charge is 0.317 e. The fraction of sp³-hybridized carbons (Fsp3) is 0.211. The lowest BCUT2D eigenvalue weighted by Gasteiger charge is -2.28. The maximum absolute atomic E-state index is 11.8. The number of anilines is 2. The normalized spacial score (nSPS) is 14.2. The number of primary amides is 2. The monoisotopic (exact) mass is 380 g/mol. The number of morpholine rings is 1. The predicted octanol–water partition coefficient (Wildman–Crippen LogP) is 1.66. The van der Waals surface area contributed by atoms with E-state index < -0.39 is 11.9 Å². The fourth-order valence-electron chi connectivity index (χ4n) is 3.38. The Hall–Kier alpha value is -3.59. The second-order valence-corrected chi connectivity index (χ2v) is 6.47. The minimum Gasteiger partial charge on any atom is -0.378 e. The number of urea groups is 1. The summed E-state index contributed by atoms with van der Waals surface area (Å²) in [6.45, 7) is 2.98. The van der Waals surface area contributed by atoms with Gasteiger partial charge in [0.2, 0.25) is 0 Å². The second-order valence-electron chi connectivity index (χ2n) is 6.47. The molecule has 0 atom stereocenters. The fourth-order valence-corrected chi connectivity index (χ4v) is 3.38. The number of aromatic nitrogens is 2. The minimum absolute atomic E-state index is 0.183. The first-order chi connectivity index (χ1) is 13.5. The van der Waals surface area contributed by atoms with Crippen LogP contribution in [0.2, 0.25) is 0 Å². The highest BCUT2D eigenvalue weighted by molar-refractivity contribution is 6.13. The number of hydrogen-bond acceptors (Lipinski definition) is 5. The largest absolute Gasteiger partial charge is 0.378 e. The summed E-state index contributed by atoms with van der Waals surface area (Å²) < 4.78 is 5.39. The number of fused-ring (bicyclic) bond motifs is 1. The summed E-state index contributed by atoms with van der Waals surface area (Å²) in [7, 11) is 0. The lowest BCUT2D eigenvalue weighted by Crippen LogP contribution is -2.36. The number of benzene rings is 1. The van der Waals surface area contributed by atoms with Gasteiger partial charge in [0.25, 0.3) is 5.91 Å². The van der Waals surface area contributed by atoms with Crippen molar-refractivity contribution >= 4 is 34.5 Å². The Morgan fingerprint density at radius 1 is 1.14 bits per heavy atom. The molecule has 1 saturated heterocycles. The maximum atomic E-state index is 11.8. The van der Waals surface area contributed by atoms with Crippen molar-refractivity contribution in [2.24, 2.45) is 11.5 Å². The molecule has 3 aromatic rings. The first-order valence-electron chi connectivity index (χ1n) is 8.85. The lowest BCUT2D eigenvalue weighted by atomic mass is 10.1. The molecule has 0 spiro atoms. The van der Waals surface area contributed by atoms with Crippen molar-refractivity contribution in [1.82, 2.24) is 9.97 Å². The van der Waals surface area contributed by atoms with Crippen LogP contribution in [-0.4, -0.2) is 48.2 Å². The van der Waals surface area contributed by atoms with Crippen LogP contribution >= 0.6 is 0 Å². The van der Waals surface area contributed by atoms with Gasteiger partial charge in [-0.3, -0.25) is 10.1 Å². The van der Waals surface area contributed by atoms with E-state index in [4.69, 9.17) is 21.2 Å². The summed E-state index contributed by atoms with van der Waals surface area (Å²) in [5.41, 5.74) is 13.2. The van der Waals surface area contributed by atoms with Crippen LogP contribution < -0.4 is 21.7 Å². The van der Waals surface area contributed by atoms with Gasteiger partial charge >= 0.3 is 6.03 Å². The number of hydrogen-bond donors (Lipinski definition) is 4. The Morgan fingerprint density at radius 2 is 1.93 bits per heavy atom. The van der Waals surface area contributed by atoms with Crippen molar-refractivity contribution in [3.8, 4) is 11.3 Å². The summed E-state index contributed by atoms with van der Waals surface area (Å²) in [4.78, 5) is 33.0. The maximum Gasteiger partial charge on any atom is 0.317 e. The summed E-state index contributed by atoms with van der Waals surface area (Å²) in [5, 5.41) is 3.01. The molecular weight excluding hydrogens is 360 g/mol. The Bertz CT molecular complexity index is 1060. The number of pyridine rings is 1. The van der Waals surface area contributed by atoms with E-state index in [2.05, 4.69) is 15.2 Å². The lowest BCUT2D eigenvalue weighted by molar-refractivity contribution is 0.100. The first kappa shape index (κ1) is 17.8. The Morgan fingerprint density at radius 3 is 2.64 bits per heavy atom. The SMILES string of the molecule is NC(=O)Nc1[nH]c2cc(-c3cccc(N4CCOCC4)n3)ccc2c1C(N)=O. The Kier molecular flexibility index (Phi) is 4.58. The van der Waals surface area contributed by atoms with E-state index >= 15 is 0 Å². The van der Waals surface area contributed by atoms with Crippen molar-refractivity contribution < 1.29 is 14.3 Å². The minimum atomic E-state index is -0.783. The highest BCUT2D eigenvalue weighted by Crippen LogP contribution is 2.30. The number of carbonyl (C=O) groups is 2. The number of nitrogens with two attached hydrogens (primary N) is 2. The summed E-state index contributed by atoms with van der Waals surface area (Å²) in [5.74, 6) is 0.415. The van der Waals surface area contributed by atoms with Crippen molar-refractivity contribution in [2.75, 3.05) is 36.5 Å². The highest BCUT2D eigenvalue weighted by atomic mass is 16.5. The molecule has 1 fully saturated rings. The number of nitrogens with zero attached hydrogens (tertiary/aromatic N) is 2. The zero-order valence-electron chi connectivity index (χ0n) is 15.1. The molecule has 0 radical (unpaired) electrons. The second kappa shape index (κ2) is 7.20. The zero-order valence-corrected chi connectivity index (χ0v) is 15.1. The molecule has 1 aromatic carbocycles. The van der Waals surface area contributed by atoms with Gasteiger partial charge in [0.15, 0.2) is 0 Å². The number of aromatic amines is 1. The summed E-state index contributed by atoms with van der Waals surface area (Å²) in [6.07, 6.45) is 0. The topological polar surface area (TPSA) is 139 Å². The molecule has 4 rings (SSSR count). The van der Waals surface area contributed by atoms with E-state index in [1.54, 1.807) is 6.07 Å². The van der Waals surface area contributed by atoms with E-state index in [0.29, 0.717) is 24.1 Å². The molecule has 2 aromatic heterocycles. The summed E-state index contributed by atoms with van der Waals surface area (Å²) >= 11 is 0. The third-order valence-corrected chi connectivity index (χ3v) is 4.66. The van der Waals surface area contributed by atoms with Crippen molar-refractivity contribution in [1.29, 1.82) is 0 Å². The van der Waals surface area contributed by atoms with E-state index in [1.165, 1.54) is 0 Å². The van der Waals surface area contributed by atoms with Gasteiger partial charge in [0, 0.05) is 29.6 Å². The van der Waals surface area contributed by atoms with E-state index in [9.17, 15) is 9.59 Å². The molecule has 6 N–H and O–H groups in total. The zero-order chi connectivity index (χ0) is 19.7. The number of H-pyrrole nitrogens is 1. The number of ether oxygens (including phenoxy) is 1. The standard InChI is InChI=1S/C19H20N6O3/c20-17(26)16-12-5-4-11(10-14(12)23-18(16)24-19(21)27)13-2-1-3-15(22-13)25-6-8-28-9-7-25/h1-5,10,23H,6-9H2,(H2,20,26)(H3,21,24,27). The highest BCUT2D eigenvalue weighted by Gasteiger charge is 2.18. The van der Waals surface area contributed by atoms with Crippen LogP contribution in [0.1, 0.15) is 10.4 Å². The van der Waals surface area contributed by atoms with Gasteiger partial charge in [-0.15, -0.1) is 0 Å². The average Bonchev–Trinajstić information content (AvgIpc) is 3.05. The van der Waals surface area contributed by atoms with Crippen LogP contribution in [0.15, 0.2) is 36.4 Å². The van der Waals surface area contributed by atoms with Gasteiger partial charge in [-0.2, -0.15) is 0 Å². The third kappa shape index (κ3) is 3.35. The van der Waals surface area contributed by atoms with Crippen LogP contribution in [0.25, 0.3) is 22.2 Å². The van der Waals surface area contributed by atoms with Gasteiger partial charge < -0.3 is 26.1 Å². The average molecular weight is 380 g/mol. The molecule has 28 heavy (non-hydrogen) atoms. The van der Waals surface area contributed by atoms with Gasteiger partial charge in [0.05, 0.1) is 24.5 Å². The molecule has 9 heteroatoms. The quantitative estimate of drug-likeness (QED) is 0.545. The van der Waals surface area contributed by atoms with E-state index in [-0.39, 0.29) is 11.4 Å². The molecular formula is C19H20N6O3. The summed E-state index contributed by atoms with van der Waals surface area (Å²) in [6, 6.07) is 10.6. The van der Waals surface area contributed by atoms with Crippen molar-refractivity contribution in [3.63, 3.8) is 0 Å². The molecule has 0 bridgehead atoms. The van der Waals surface area contributed by atoms with E-state index in [0.717, 1.165) is 30.2 Å². The van der Waals surface area contributed by atoms with Crippen LogP contribution in [0.5, 0.6) is 0 Å². The van der Waals surface area contributed by atoms with Crippen LogP contribution in [0.3, 0.4) is 0 Å². The molecule has 9 nitrogen and oxygen atoms in total. The molecule has 1 aliphatic heterocycles. The van der Waals surface area contributed by atoms with Gasteiger partial charge in [-0.25, -0.2) is 9.78 Å². The number of carbonyl (C=O) groups excluding carboxylic acids is 2. The molecule has 144 valence electrons.